The van der Waals surface area contributed by atoms with Gasteiger partial charge >= 0.3 is 6.18 Å². The SMILES string of the molecule is CC(N)(CO)C(=O)Nc1ccc(OCCc2ccc(-c3ccccc3)cc2)c(C(F)(F)F)c1. The van der Waals surface area contributed by atoms with E-state index in [4.69, 9.17) is 15.6 Å². The Morgan fingerprint density at radius 3 is 2.24 bits per heavy atom. The fourth-order valence-corrected chi connectivity index (χ4v) is 3.07. The van der Waals surface area contributed by atoms with Crippen LogP contribution in [0.3, 0.4) is 0 Å². The summed E-state index contributed by atoms with van der Waals surface area (Å²) >= 11 is 0. The molecule has 4 N–H and O–H groups in total. The van der Waals surface area contributed by atoms with E-state index in [0.717, 1.165) is 28.8 Å². The molecule has 1 atom stereocenters. The highest BCUT2D eigenvalue weighted by Crippen LogP contribution is 2.38. The smallest absolute Gasteiger partial charge is 0.420 e. The number of carbonyl (C=O) groups is 1. The molecule has 3 rings (SSSR count). The van der Waals surface area contributed by atoms with Crippen molar-refractivity contribution in [1.29, 1.82) is 0 Å². The third-order valence-corrected chi connectivity index (χ3v) is 5.10. The maximum atomic E-state index is 13.6. The number of benzene rings is 3. The number of halogens is 3. The van der Waals surface area contributed by atoms with Crippen LogP contribution in [0.2, 0.25) is 0 Å². The van der Waals surface area contributed by atoms with Crippen molar-refractivity contribution in [2.24, 2.45) is 5.73 Å². The topological polar surface area (TPSA) is 84.6 Å². The van der Waals surface area contributed by atoms with Crippen LogP contribution in [-0.2, 0) is 17.4 Å². The van der Waals surface area contributed by atoms with E-state index in [1.165, 1.54) is 13.0 Å². The average Bonchev–Trinajstić information content (AvgIpc) is 2.80. The molecule has 1 amide bonds. The Morgan fingerprint density at radius 2 is 1.64 bits per heavy atom. The molecule has 0 aliphatic rings. The number of aliphatic hydroxyl groups excluding tert-OH is 1. The van der Waals surface area contributed by atoms with Crippen molar-refractivity contribution in [3.05, 3.63) is 83.9 Å². The lowest BCUT2D eigenvalue weighted by molar-refractivity contribution is -0.139. The number of hydrogen-bond acceptors (Lipinski definition) is 4. The maximum absolute atomic E-state index is 13.6. The third kappa shape index (κ3) is 6.34. The van der Waals surface area contributed by atoms with E-state index in [1.54, 1.807) is 0 Å². The summed E-state index contributed by atoms with van der Waals surface area (Å²) in [5.74, 6) is -1.13. The molecule has 0 aliphatic heterocycles. The van der Waals surface area contributed by atoms with Gasteiger partial charge in [0.1, 0.15) is 11.3 Å². The van der Waals surface area contributed by atoms with Gasteiger partial charge in [0.2, 0.25) is 5.91 Å². The number of aliphatic hydroxyl groups is 1. The normalized spacial score (nSPS) is 13.3. The van der Waals surface area contributed by atoms with Gasteiger partial charge in [0.25, 0.3) is 0 Å². The van der Waals surface area contributed by atoms with Gasteiger partial charge in [-0.15, -0.1) is 0 Å². The summed E-state index contributed by atoms with van der Waals surface area (Å²) in [6.07, 6.45) is -4.26. The summed E-state index contributed by atoms with van der Waals surface area (Å²) in [7, 11) is 0. The summed E-state index contributed by atoms with van der Waals surface area (Å²) in [5, 5.41) is 11.4. The van der Waals surface area contributed by atoms with Crippen LogP contribution in [0.4, 0.5) is 18.9 Å². The van der Waals surface area contributed by atoms with Crippen molar-refractivity contribution < 1.29 is 27.8 Å². The molecule has 0 bridgehead atoms. The van der Waals surface area contributed by atoms with Crippen LogP contribution in [0.25, 0.3) is 11.1 Å². The van der Waals surface area contributed by atoms with Crippen LogP contribution in [0.5, 0.6) is 5.75 Å². The molecule has 8 heteroatoms. The Labute approximate surface area is 190 Å². The second-order valence-corrected chi connectivity index (χ2v) is 7.90. The Balaban J connectivity index is 1.67. The van der Waals surface area contributed by atoms with Crippen molar-refractivity contribution in [2.45, 2.75) is 25.1 Å². The minimum atomic E-state index is -4.68. The minimum Gasteiger partial charge on any atom is -0.493 e. The van der Waals surface area contributed by atoms with Crippen molar-refractivity contribution in [2.75, 3.05) is 18.5 Å². The van der Waals surface area contributed by atoms with Crippen molar-refractivity contribution in [3.63, 3.8) is 0 Å². The van der Waals surface area contributed by atoms with Gasteiger partial charge < -0.3 is 20.9 Å². The van der Waals surface area contributed by atoms with Crippen LogP contribution >= 0.6 is 0 Å². The number of carbonyl (C=O) groups excluding carboxylic acids is 1. The Hall–Kier alpha value is -3.36. The molecule has 5 nitrogen and oxygen atoms in total. The van der Waals surface area contributed by atoms with E-state index in [0.29, 0.717) is 6.42 Å². The second kappa shape index (κ2) is 10.1. The molecule has 3 aromatic carbocycles. The molecule has 174 valence electrons. The molecule has 3 aromatic rings. The molecule has 0 radical (unpaired) electrons. The van der Waals surface area contributed by atoms with E-state index in [-0.39, 0.29) is 18.0 Å². The van der Waals surface area contributed by atoms with Gasteiger partial charge in [-0.2, -0.15) is 13.2 Å². The van der Waals surface area contributed by atoms with Gasteiger partial charge in [0.05, 0.1) is 18.8 Å². The highest BCUT2D eigenvalue weighted by Gasteiger charge is 2.35. The molecule has 0 heterocycles. The molecular weight excluding hydrogens is 433 g/mol. The van der Waals surface area contributed by atoms with Crippen LogP contribution in [0.15, 0.2) is 72.8 Å². The van der Waals surface area contributed by atoms with Gasteiger partial charge in [-0.3, -0.25) is 4.79 Å². The van der Waals surface area contributed by atoms with E-state index in [1.807, 2.05) is 54.6 Å². The van der Waals surface area contributed by atoms with Gasteiger partial charge in [0.15, 0.2) is 0 Å². The summed E-state index contributed by atoms with van der Waals surface area (Å²) in [5.41, 5.74) is 5.94. The second-order valence-electron chi connectivity index (χ2n) is 7.90. The van der Waals surface area contributed by atoms with Crippen LogP contribution in [-0.4, -0.2) is 29.8 Å². The summed E-state index contributed by atoms with van der Waals surface area (Å²) in [6, 6.07) is 20.8. The highest BCUT2D eigenvalue weighted by atomic mass is 19.4. The molecular formula is C25H25F3N2O3. The average molecular weight is 458 g/mol. The lowest BCUT2D eigenvalue weighted by Crippen LogP contribution is -2.51. The van der Waals surface area contributed by atoms with Crippen LogP contribution in [0.1, 0.15) is 18.1 Å². The zero-order valence-electron chi connectivity index (χ0n) is 18.0. The number of anilines is 1. The van der Waals surface area contributed by atoms with Gasteiger partial charge in [-0.25, -0.2) is 0 Å². The number of ether oxygens (including phenoxy) is 1. The summed E-state index contributed by atoms with van der Waals surface area (Å²) in [4.78, 5) is 12.0. The Morgan fingerprint density at radius 1 is 1.00 bits per heavy atom. The largest absolute Gasteiger partial charge is 0.493 e. The molecule has 0 aliphatic carbocycles. The van der Waals surface area contributed by atoms with Crippen LogP contribution < -0.4 is 15.8 Å². The molecule has 0 saturated carbocycles. The quantitative estimate of drug-likeness (QED) is 0.459. The summed E-state index contributed by atoms with van der Waals surface area (Å²) in [6.45, 7) is 0.667. The number of hydrogen-bond donors (Lipinski definition) is 3. The highest BCUT2D eigenvalue weighted by molar-refractivity contribution is 5.97. The maximum Gasteiger partial charge on any atom is 0.420 e. The molecule has 0 spiro atoms. The van der Waals surface area contributed by atoms with Gasteiger partial charge in [-0.05, 0) is 41.8 Å². The fraction of sp³-hybridized carbons (Fsp3) is 0.240. The molecule has 0 fully saturated rings. The number of alkyl halides is 3. The molecule has 0 aromatic heterocycles. The molecule has 1 unspecified atom stereocenters. The van der Waals surface area contributed by atoms with E-state index >= 15 is 0 Å². The van der Waals surface area contributed by atoms with E-state index in [9.17, 15) is 18.0 Å². The summed E-state index contributed by atoms with van der Waals surface area (Å²) < 4.78 is 46.1. The van der Waals surface area contributed by atoms with E-state index < -0.39 is 29.8 Å². The van der Waals surface area contributed by atoms with Gasteiger partial charge in [-0.1, -0.05) is 54.6 Å². The monoisotopic (exact) mass is 458 g/mol. The molecule has 0 saturated heterocycles. The Kier molecular flexibility index (Phi) is 7.40. The van der Waals surface area contributed by atoms with Crippen LogP contribution in [0, 0.1) is 0 Å². The lowest BCUT2D eigenvalue weighted by Gasteiger charge is -2.21. The van der Waals surface area contributed by atoms with Gasteiger partial charge in [0, 0.05) is 12.1 Å². The predicted molar refractivity (Wildman–Crippen MR) is 121 cm³/mol. The number of rotatable bonds is 8. The molecule has 33 heavy (non-hydrogen) atoms. The standard InChI is InChI=1S/C25H25F3N2O3/c1-24(29,16-31)23(32)30-20-11-12-22(21(15-20)25(26,27)28)33-14-13-17-7-9-19(10-8-17)18-5-3-2-4-6-18/h2-12,15,31H,13-14,16,29H2,1H3,(H,30,32). The predicted octanol–water partition coefficient (Wildman–Crippen LogP) is 4.64. The number of nitrogens with two attached hydrogens (primary N) is 1. The van der Waals surface area contributed by atoms with Crippen molar-refractivity contribution in [3.8, 4) is 16.9 Å². The lowest BCUT2D eigenvalue weighted by atomic mass is 10.0. The van der Waals surface area contributed by atoms with E-state index in [2.05, 4.69) is 5.32 Å². The van der Waals surface area contributed by atoms with Crippen molar-refractivity contribution >= 4 is 11.6 Å². The first kappa shape index (κ1) is 24.3. The Bertz CT molecular complexity index is 1080. The first-order valence-corrected chi connectivity index (χ1v) is 10.3. The van der Waals surface area contributed by atoms with Crippen molar-refractivity contribution in [1.82, 2.24) is 0 Å². The zero-order chi connectivity index (χ0) is 24.1. The number of amides is 1. The third-order valence-electron chi connectivity index (χ3n) is 5.10. The first-order valence-electron chi connectivity index (χ1n) is 10.3. The minimum absolute atomic E-state index is 0.0465. The fourth-order valence-electron chi connectivity index (χ4n) is 3.07. The zero-order valence-corrected chi connectivity index (χ0v) is 18.0. The number of nitrogens with one attached hydrogen (secondary N) is 1. The first-order chi connectivity index (χ1) is 15.6.